The average Bonchev–Trinajstić information content (AvgIpc) is 3.60. The van der Waals surface area contributed by atoms with Crippen LogP contribution in [0.5, 0.6) is 0 Å². The second kappa shape index (κ2) is 10.7. The summed E-state index contributed by atoms with van der Waals surface area (Å²) in [7, 11) is -0.584. The monoisotopic (exact) mass is 606 g/mol. The topological polar surface area (TPSA) is 96.9 Å². The number of hydrogen-bond donors (Lipinski definition) is 1. The molecule has 10 heteroatoms. The molecule has 0 saturated carbocycles. The van der Waals surface area contributed by atoms with Crippen molar-refractivity contribution in [2.75, 3.05) is 24.7 Å². The molecule has 0 aliphatic rings. The van der Waals surface area contributed by atoms with Gasteiger partial charge in [-0.05, 0) is 36.8 Å². The summed E-state index contributed by atoms with van der Waals surface area (Å²) in [6.07, 6.45) is 1.14. The molecule has 214 valence electrons. The number of hydrogen-bond acceptors (Lipinski definition) is 6. The molecule has 4 aromatic carbocycles. The Bertz CT molecular complexity index is 2210. The average molecular weight is 607 g/mol. The van der Waals surface area contributed by atoms with Gasteiger partial charge in [0.05, 0.1) is 29.6 Å². The van der Waals surface area contributed by atoms with E-state index < -0.39 is 10.0 Å². The number of amides is 1. The molecule has 0 saturated heterocycles. The van der Waals surface area contributed by atoms with Crippen LogP contribution in [0.4, 0.5) is 11.4 Å². The van der Waals surface area contributed by atoms with Crippen LogP contribution in [0.3, 0.4) is 0 Å². The Morgan fingerprint density at radius 3 is 2.44 bits per heavy atom. The molecule has 0 aliphatic heterocycles. The van der Waals surface area contributed by atoms with E-state index in [1.165, 1.54) is 22.7 Å². The van der Waals surface area contributed by atoms with E-state index in [2.05, 4.69) is 10.2 Å². The molecule has 6 rings (SSSR count). The summed E-state index contributed by atoms with van der Waals surface area (Å²) in [6, 6.07) is 24.3. The number of thiazole rings is 1. The largest absolute Gasteiger partial charge is 0.455 e. The van der Waals surface area contributed by atoms with Crippen molar-refractivity contribution in [3.05, 3.63) is 101 Å². The highest BCUT2D eigenvalue weighted by Gasteiger charge is 2.26. The fourth-order valence-corrected chi connectivity index (χ4v) is 6.49. The van der Waals surface area contributed by atoms with Gasteiger partial charge >= 0.3 is 0 Å². The Morgan fingerprint density at radius 1 is 1.00 bits per heavy atom. The van der Waals surface area contributed by atoms with Gasteiger partial charge in [-0.2, -0.15) is 0 Å². The lowest BCUT2D eigenvalue weighted by atomic mass is 9.97. The standard InChI is InChI=1S/C33H26N4O4S2/c1-19-9-11-20(12-10-19)31-30(32(38)35-3)25-17-24(27(18-28(25)41-31)37(4)43(5,39)40)21-7-6-8-22(15-21)33-36-26-14-13-23(34-2)16-29(26)42-33/h6-18H,1,3-5H3,(H,35,38). The maximum Gasteiger partial charge on any atom is 0.255 e. The Labute approximate surface area is 253 Å². The molecule has 6 aromatic rings. The van der Waals surface area contributed by atoms with Crippen molar-refractivity contribution in [2.45, 2.75) is 6.92 Å². The summed E-state index contributed by atoms with van der Waals surface area (Å²) in [6.45, 7) is 9.29. The predicted molar refractivity (Wildman–Crippen MR) is 173 cm³/mol. The van der Waals surface area contributed by atoms with Gasteiger partial charge in [0.1, 0.15) is 16.4 Å². The number of carbonyl (C=O) groups is 1. The first-order valence-corrected chi connectivity index (χ1v) is 16.0. The van der Waals surface area contributed by atoms with Crippen LogP contribution in [0.2, 0.25) is 0 Å². The van der Waals surface area contributed by atoms with Crippen molar-refractivity contribution >= 4 is 59.8 Å². The smallest absolute Gasteiger partial charge is 0.255 e. The number of fused-ring (bicyclic) bond motifs is 2. The zero-order valence-electron chi connectivity index (χ0n) is 23.8. The number of anilines is 1. The lowest BCUT2D eigenvalue weighted by Gasteiger charge is -2.21. The minimum atomic E-state index is -3.64. The molecule has 1 N–H and O–H groups in total. The summed E-state index contributed by atoms with van der Waals surface area (Å²) in [5.41, 5.74) is 6.52. The second-order valence-corrected chi connectivity index (χ2v) is 13.3. The van der Waals surface area contributed by atoms with Crippen molar-refractivity contribution in [3.8, 4) is 33.0 Å². The summed E-state index contributed by atoms with van der Waals surface area (Å²) < 4.78 is 33.9. The maximum absolute atomic E-state index is 13.2. The number of furan rings is 1. The van der Waals surface area contributed by atoms with Gasteiger partial charge < -0.3 is 9.73 Å². The van der Waals surface area contributed by atoms with Crippen molar-refractivity contribution < 1.29 is 17.6 Å². The highest BCUT2D eigenvalue weighted by atomic mass is 32.2. The van der Waals surface area contributed by atoms with Crippen LogP contribution in [-0.2, 0) is 10.0 Å². The van der Waals surface area contributed by atoms with E-state index in [-0.39, 0.29) is 5.91 Å². The molecule has 1 amide bonds. The van der Waals surface area contributed by atoms with Crippen LogP contribution in [-0.4, -0.2) is 39.7 Å². The zero-order chi connectivity index (χ0) is 30.5. The van der Waals surface area contributed by atoms with E-state index in [0.29, 0.717) is 39.2 Å². The van der Waals surface area contributed by atoms with Crippen LogP contribution in [0.25, 0.3) is 59.1 Å². The first-order valence-electron chi connectivity index (χ1n) is 13.3. The van der Waals surface area contributed by atoms with Crippen molar-refractivity contribution in [2.24, 2.45) is 0 Å². The number of benzene rings is 4. The Balaban J connectivity index is 1.59. The van der Waals surface area contributed by atoms with Crippen LogP contribution < -0.4 is 9.62 Å². The Kier molecular flexibility index (Phi) is 7.00. The van der Waals surface area contributed by atoms with Gasteiger partial charge in [0, 0.05) is 46.9 Å². The van der Waals surface area contributed by atoms with Crippen molar-refractivity contribution in [3.63, 3.8) is 0 Å². The maximum atomic E-state index is 13.2. The van der Waals surface area contributed by atoms with Crippen LogP contribution in [0.1, 0.15) is 15.9 Å². The number of carbonyl (C=O) groups excluding carboxylic acids is 1. The lowest BCUT2D eigenvalue weighted by Crippen LogP contribution is -2.25. The third-order valence-electron chi connectivity index (χ3n) is 7.33. The first-order chi connectivity index (χ1) is 20.6. The fourth-order valence-electron chi connectivity index (χ4n) is 4.99. The molecule has 0 aliphatic carbocycles. The number of rotatable bonds is 6. The summed E-state index contributed by atoms with van der Waals surface area (Å²) in [5, 5.41) is 4.06. The summed E-state index contributed by atoms with van der Waals surface area (Å²) in [4.78, 5) is 21.5. The molecule has 0 fully saturated rings. The van der Waals surface area contributed by atoms with E-state index in [4.69, 9.17) is 16.0 Å². The van der Waals surface area contributed by atoms with E-state index in [1.807, 2.05) is 73.7 Å². The molecular formula is C33H26N4O4S2. The molecule has 8 nitrogen and oxygen atoms in total. The van der Waals surface area contributed by atoms with Gasteiger partial charge in [-0.3, -0.25) is 9.10 Å². The van der Waals surface area contributed by atoms with Gasteiger partial charge in [-0.25, -0.2) is 18.2 Å². The number of aryl methyl sites for hydroxylation is 1. The van der Waals surface area contributed by atoms with Gasteiger partial charge in [0.2, 0.25) is 10.0 Å². The molecule has 2 heterocycles. The number of nitrogens with one attached hydrogen (secondary N) is 1. The van der Waals surface area contributed by atoms with Crippen molar-refractivity contribution in [1.29, 1.82) is 0 Å². The highest BCUT2D eigenvalue weighted by molar-refractivity contribution is 7.92. The van der Waals surface area contributed by atoms with Crippen LogP contribution in [0.15, 0.2) is 83.3 Å². The van der Waals surface area contributed by atoms with Crippen molar-refractivity contribution in [1.82, 2.24) is 10.3 Å². The van der Waals surface area contributed by atoms with E-state index >= 15 is 0 Å². The number of aromatic nitrogens is 1. The molecular weight excluding hydrogens is 581 g/mol. The quantitative estimate of drug-likeness (QED) is 0.196. The molecule has 2 aromatic heterocycles. The van der Waals surface area contributed by atoms with Crippen LogP contribution in [0, 0.1) is 13.5 Å². The predicted octanol–water partition coefficient (Wildman–Crippen LogP) is 7.66. The Hall–Kier alpha value is -4.98. The minimum absolute atomic E-state index is 0.313. The first kappa shape index (κ1) is 28.2. The van der Waals surface area contributed by atoms with Crippen LogP contribution >= 0.6 is 11.3 Å². The second-order valence-electron chi connectivity index (χ2n) is 10.2. The summed E-state index contributed by atoms with van der Waals surface area (Å²) >= 11 is 1.48. The molecule has 0 atom stereocenters. The normalized spacial score (nSPS) is 11.5. The molecule has 0 unspecified atom stereocenters. The SMILES string of the molecule is [C-]#[N+]c1ccc2nc(-c3cccc(-c4cc5c(C(=O)NC)c(-c6ccc(C)cc6)oc5cc4N(C)S(C)(=O)=O)c3)sc2c1. The summed E-state index contributed by atoms with van der Waals surface area (Å²) in [5.74, 6) is 0.0907. The van der Waals surface area contributed by atoms with E-state index in [0.717, 1.165) is 43.7 Å². The zero-order valence-corrected chi connectivity index (χ0v) is 25.4. The number of nitrogens with zero attached hydrogens (tertiary/aromatic N) is 3. The van der Waals surface area contributed by atoms with Gasteiger partial charge in [-0.1, -0.05) is 54.1 Å². The van der Waals surface area contributed by atoms with E-state index in [9.17, 15) is 13.2 Å². The lowest BCUT2D eigenvalue weighted by molar-refractivity contribution is 0.0964. The van der Waals surface area contributed by atoms with Gasteiger partial charge in [0.25, 0.3) is 5.91 Å². The minimum Gasteiger partial charge on any atom is -0.455 e. The van der Waals surface area contributed by atoms with E-state index in [1.54, 1.807) is 19.2 Å². The molecule has 0 spiro atoms. The molecule has 43 heavy (non-hydrogen) atoms. The van der Waals surface area contributed by atoms with Gasteiger partial charge in [0.15, 0.2) is 5.69 Å². The number of sulfonamides is 1. The fraction of sp³-hybridized carbons (Fsp3) is 0.121. The highest BCUT2D eigenvalue weighted by Crippen LogP contribution is 2.42. The Morgan fingerprint density at radius 2 is 1.74 bits per heavy atom. The third-order valence-corrected chi connectivity index (χ3v) is 9.59. The third kappa shape index (κ3) is 5.14. The molecule has 0 bridgehead atoms. The molecule has 0 radical (unpaired) electrons. The van der Waals surface area contributed by atoms with Gasteiger partial charge in [-0.15, -0.1) is 11.3 Å².